The molecule has 0 saturated carbocycles. The van der Waals surface area contributed by atoms with Crippen LogP contribution in [-0.4, -0.2) is 9.49 Å². The van der Waals surface area contributed by atoms with Crippen LogP contribution in [0.25, 0.3) is 0 Å². The molecule has 0 saturated heterocycles. The summed E-state index contributed by atoms with van der Waals surface area (Å²) in [5, 5.41) is 11.4. The number of nitro groups is 1. The lowest BCUT2D eigenvalue weighted by Crippen LogP contribution is -2.16. The number of nitrogens with two attached hydrogens (primary N) is 1. The van der Waals surface area contributed by atoms with E-state index in [-0.39, 0.29) is 11.7 Å². The van der Waals surface area contributed by atoms with Crippen LogP contribution in [0.4, 0.5) is 5.69 Å². The van der Waals surface area contributed by atoms with E-state index in [9.17, 15) is 10.1 Å². The fourth-order valence-electron chi connectivity index (χ4n) is 2.18. The van der Waals surface area contributed by atoms with Crippen molar-refractivity contribution in [2.75, 3.05) is 0 Å². The summed E-state index contributed by atoms with van der Waals surface area (Å²) in [5.74, 6) is 0.339. The third-order valence-electron chi connectivity index (χ3n) is 3.47. The first kappa shape index (κ1) is 15.5. The molecule has 0 fully saturated rings. The van der Waals surface area contributed by atoms with E-state index in [1.807, 2.05) is 23.0 Å². The van der Waals surface area contributed by atoms with Gasteiger partial charge < -0.3 is 10.3 Å². The number of halogens is 1. The van der Waals surface area contributed by atoms with Gasteiger partial charge in [0.1, 0.15) is 0 Å². The Bertz CT molecular complexity index is 652. The van der Waals surface area contributed by atoms with Crippen LogP contribution < -0.4 is 5.73 Å². The quantitative estimate of drug-likeness (QED) is 0.675. The van der Waals surface area contributed by atoms with E-state index in [0.717, 1.165) is 5.56 Å². The summed E-state index contributed by atoms with van der Waals surface area (Å²) in [6, 6.07) is 6.64. The number of hydrogen-bond donors (Lipinski definition) is 1. The molecule has 5 nitrogen and oxygen atoms in total. The van der Waals surface area contributed by atoms with E-state index in [1.165, 1.54) is 6.07 Å². The van der Waals surface area contributed by atoms with Gasteiger partial charge in [0.15, 0.2) is 0 Å². The molecule has 2 aromatic rings. The predicted molar refractivity (Wildman–Crippen MR) is 83.4 cm³/mol. The van der Waals surface area contributed by atoms with Crippen LogP contribution in [0.1, 0.15) is 31.0 Å². The maximum atomic E-state index is 11.1. The van der Waals surface area contributed by atoms with Crippen molar-refractivity contribution in [3.05, 3.63) is 62.9 Å². The minimum absolute atomic E-state index is 0.0332. The van der Waals surface area contributed by atoms with Crippen molar-refractivity contribution < 1.29 is 4.92 Å². The first-order valence-corrected chi connectivity index (χ1v) is 7.10. The molecule has 0 aliphatic carbocycles. The number of hydrogen-bond acceptors (Lipinski definition) is 3. The Morgan fingerprint density at radius 3 is 2.71 bits per heavy atom. The van der Waals surface area contributed by atoms with E-state index in [0.29, 0.717) is 23.0 Å². The smallest absolute Gasteiger partial charge is 0.275 e. The van der Waals surface area contributed by atoms with Gasteiger partial charge in [-0.2, -0.15) is 0 Å². The zero-order valence-corrected chi connectivity index (χ0v) is 12.7. The highest BCUT2D eigenvalue weighted by Gasteiger charge is 2.16. The maximum absolute atomic E-state index is 11.1. The van der Waals surface area contributed by atoms with E-state index >= 15 is 0 Å². The third-order valence-corrected chi connectivity index (χ3v) is 3.71. The molecule has 21 heavy (non-hydrogen) atoms. The fraction of sp³-hybridized carbons (Fsp3) is 0.333. The molecule has 6 heteroatoms. The van der Waals surface area contributed by atoms with Crippen LogP contribution in [0.3, 0.4) is 0 Å². The zero-order chi connectivity index (χ0) is 15.6. The predicted octanol–water partition coefficient (Wildman–Crippen LogP) is 3.75. The van der Waals surface area contributed by atoms with Crippen molar-refractivity contribution in [1.82, 2.24) is 4.57 Å². The van der Waals surface area contributed by atoms with E-state index in [1.54, 1.807) is 12.1 Å². The summed E-state index contributed by atoms with van der Waals surface area (Å²) in [5.41, 5.74) is 7.78. The summed E-state index contributed by atoms with van der Waals surface area (Å²) >= 11 is 5.82. The molecule has 1 aromatic carbocycles. The number of nitro benzene ring substituents is 1. The SMILES string of the molecule is CC(C)C(N)c1ccn(Cc2ccc(Cl)cc2[N+](=O)[O-])c1. The molecule has 0 bridgehead atoms. The van der Waals surface area contributed by atoms with Crippen LogP contribution in [0, 0.1) is 16.0 Å². The van der Waals surface area contributed by atoms with Gasteiger partial charge in [0.2, 0.25) is 0 Å². The van der Waals surface area contributed by atoms with Gasteiger partial charge in [0, 0.05) is 35.1 Å². The highest BCUT2D eigenvalue weighted by atomic mass is 35.5. The number of rotatable bonds is 5. The molecule has 0 spiro atoms. The molecule has 0 aliphatic rings. The Balaban J connectivity index is 2.25. The average molecular weight is 308 g/mol. The van der Waals surface area contributed by atoms with Gasteiger partial charge in [-0.05, 0) is 29.7 Å². The summed E-state index contributed by atoms with van der Waals surface area (Å²) in [7, 11) is 0. The van der Waals surface area contributed by atoms with Gasteiger partial charge in [-0.25, -0.2) is 0 Å². The molecule has 0 aliphatic heterocycles. The molecule has 2 rings (SSSR count). The van der Waals surface area contributed by atoms with Crippen molar-refractivity contribution in [3.8, 4) is 0 Å². The Hall–Kier alpha value is -1.85. The van der Waals surface area contributed by atoms with Gasteiger partial charge in [-0.3, -0.25) is 10.1 Å². The second-order valence-electron chi connectivity index (χ2n) is 5.42. The lowest BCUT2D eigenvalue weighted by atomic mass is 10.00. The van der Waals surface area contributed by atoms with Crippen LogP contribution in [-0.2, 0) is 6.54 Å². The molecule has 0 radical (unpaired) electrons. The van der Waals surface area contributed by atoms with Gasteiger partial charge >= 0.3 is 0 Å². The molecule has 1 atom stereocenters. The first-order valence-electron chi connectivity index (χ1n) is 6.72. The van der Waals surface area contributed by atoms with E-state index in [4.69, 9.17) is 17.3 Å². The van der Waals surface area contributed by atoms with Crippen LogP contribution in [0.15, 0.2) is 36.7 Å². The molecule has 0 amide bonds. The minimum atomic E-state index is -0.411. The molecular weight excluding hydrogens is 290 g/mol. The molecule has 1 unspecified atom stereocenters. The standard InChI is InChI=1S/C15H18ClN3O2/c1-10(2)15(17)12-5-6-18(9-12)8-11-3-4-13(16)7-14(11)19(20)21/h3-7,9-10,15H,8,17H2,1-2H3. The van der Waals surface area contributed by atoms with Crippen molar-refractivity contribution in [2.45, 2.75) is 26.4 Å². The zero-order valence-electron chi connectivity index (χ0n) is 12.0. The van der Waals surface area contributed by atoms with Crippen LogP contribution in [0.5, 0.6) is 0 Å². The topological polar surface area (TPSA) is 74.1 Å². The Labute approximate surface area is 128 Å². The molecule has 1 aromatic heterocycles. The Kier molecular flexibility index (Phi) is 4.65. The molecule has 1 heterocycles. The second kappa shape index (κ2) is 6.28. The number of nitrogens with zero attached hydrogens (tertiary/aromatic N) is 2. The van der Waals surface area contributed by atoms with Gasteiger partial charge in [0.25, 0.3) is 5.69 Å². The van der Waals surface area contributed by atoms with E-state index in [2.05, 4.69) is 13.8 Å². The van der Waals surface area contributed by atoms with Crippen molar-refractivity contribution in [3.63, 3.8) is 0 Å². The normalized spacial score (nSPS) is 12.6. The highest BCUT2D eigenvalue weighted by Crippen LogP contribution is 2.25. The molecule has 112 valence electrons. The van der Waals surface area contributed by atoms with Crippen LogP contribution >= 0.6 is 11.6 Å². The van der Waals surface area contributed by atoms with Gasteiger partial charge in [-0.15, -0.1) is 0 Å². The summed E-state index contributed by atoms with van der Waals surface area (Å²) in [6.07, 6.45) is 3.82. The summed E-state index contributed by atoms with van der Waals surface area (Å²) < 4.78 is 1.90. The lowest BCUT2D eigenvalue weighted by molar-refractivity contribution is -0.385. The largest absolute Gasteiger partial charge is 0.349 e. The number of benzene rings is 1. The summed E-state index contributed by atoms with van der Waals surface area (Å²) in [6.45, 7) is 4.54. The average Bonchev–Trinajstić information content (AvgIpc) is 2.88. The Morgan fingerprint density at radius 2 is 2.10 bits per heavy atom. The van der Waals surface area contributed by atoms with Gasteiger partial charge in [-0.1, -0.05) is 25.4 Å². The fourth-order valence-corrected chi connectivity index (χ4v) is 2.34. The number of aromatic nitrogens is 1. The van der Waals surface area contributed by atoms with E-state index < -0.39 is 4.92 Å². The highest BCUT2D eigenvalue weighted by molar-refractivity contribution is 6.30. The van der Waals surface area contributed by atoms with Crippen molar-refractivity contribution in [2.24, 2.45) is 11.7 Å². The summed E-state index contributed by atoms with van der Waals surface area (Å²) in [4.78, 5) is 10.7. The van der Waals surface area contributed by atoms with Crippen molar-refractivity contribution >= 4 is 17.3 Å². The van der Waals surface area contributed by atoms with Crippen LogP contribution in [0.2, 0.25) is 5.02 Å². The lowest BCUT2D eigenvalue weighted by Gasteiger charge is -2.13. The maximum Gasteiger partial charge on any atom is 0.275 e. The Morgan fingerprint density at radius 1 is 1.38 bits per heavy atom. The second-order valence-corrected chi connectivity index (χ2v) is 5.85. The monoisotopic (exact) mass is 307 g/mol. The first-order chi connectivity index (χ1) is 9.88. The van der Waals surface area contributed by atoms with Crippen molar-refractivity contribution in [1.29, 1.82) is 0 Å². The van der Waals surface area contributed by atoms with Gasteiger partial charge in [0.05, 0.1) is 11.5 Å². The molecular formula is C15H18ClN3O2. The minimum Gasteiger partial charge on any atom is -0.349 e. The molecule has 2 N–H and O–H groups in total. The third kappa shape index (κ3) is 3.62.